The molecule has 0 aromatic carbocycles. The van der Waals surface area contributed by atoms with Gasteiger partial charge in [-0.25, -0.2) is 0 Å². The van der Waals surface area contributed by atoms with E-state index in [2.05, 4.69) is 22.4 Å². The summed E-state index contributed by atoms with van der Waals surface area (Å²) in [6, 6.07) is 0.713. The van der Waals surface area contributed by atoms with Gasteiger partial charge in [-0.2, -0.15) is 5.10 Å². The van der Waals surface area contributed by atoms with E-state index < -0.39 is 0 Å². The third kappa shape index (κ3) is 3.07. The molecule has 3 N–H and O–H groups in total. The van der Waals surface area contributed by atoms with Crippen LogP contribution in [-0.4, -0.2) is 46.8 Å². The molecule has 0 bridgehead atoms. The number of nitrogen functional groups attached to an aromatic ring is 1. The van der Waals surface area contributed by atoms with Crippen LogP contribution < -0.4 is 11.1 Å². The molecule has 1 aromatic rings. The van der Waals surface area contributed by atoms with Crippen LogP contribution in [-0.2, 0) is 6.54 Å². The summed E-state index contributed by atoms with van der Waals surface area (Å²) in [7, 11) is 2.10. The van der Waals surface area contributed by atoms with Crippen molar-refractivity contribution in [2.45, 2.75) is 39.3 Å². The van der Waals surface area contributed by atoms with Crippen LogP contribution in [0.4, 0.5) is 5.69 Å². The molecule has 6 heteroatoms. The predicted octanol–water partition coefficient (Wildman–Crippen LogP) is 0.618. The lowest BCUT2D eigenvalue weighted by molar-refractivity contribution is 0.0939. The van der Waals surface area contributed by atoms with Crippen LogP contribution >= 0.6 is 0 Å². The standard InChI is InChI=1S/C13H23N5O/c1-4-18-12(11(14)9(2)16-18)13(19)15-7-8-17(3)10-5-6-10/h10H,4-8,14H2,1-3H3,(H,15,19). The Hall–Kier alpha value is -1.56. The first-order valence-electron chi connectivity index (χ1n) is 6.86. The van der Waals surface area contributed by atoms with Gasteiger partial charge in [0.1, 0.15) is 5.69 Å². The van der Waals surface area contributed by atoms with Gasteiger partial charge in [0.15, 0.2) is 0 Å². The highest BCUT2D eigenvalue weighted by molar-refractivity contribution is 5.97. The Bertz CT molecular complexity index is 464. The summed E-state index contributed by atoms with van der Waals surface area (Å²) in [5, 5.41) is 7.17. The van der Waals surface area contributed by atoms with Crippen molar-refractivity contribution in [3.05, 3.63) is 11.4 Å². The van der Waals surface area contributed by atoms with Crippen molar-refractivity contribution >= 4 is 11.6 Å². The number of carbonyl (C=O) groups is 1. The molecule has 1 aliphatic rings. The first-order valence-corrected chi connectivity index (χ1v) is 6.86. The summed E-state index contributed by atoms with van der Waals surface area (Å²) in [5.41, 5.74) is 7.59. The molecule has 0 atom stereocenters. The van der Waals surface area contributed by atoms with Gasteiger partial charge >= 0.3 is 0 Å². The van der Waals surface area contributed by atoms with Gasteiger partial charge in [-0.15, -0.1) is 0 Å². The average molecular weight is 265 g/mol. The SMILES string of the molecule is CCn1nc(C)c(N)c1C(=O)NCCN(C)C1CC1. The van der Waals surface area contributed by atoms with Crippen LogP contribution in [0.25, 0.3) is 0 Å². The number of nitrogens with one attached hydrogen (secondary N) is 1. The summed E-state index contributed by atoms with van der Waals surface area (Å²) in [5.74, 6) is -0.135. The van der Waals surface area contributed by atoms with E-state index >= 15 is 0 Å². The van der Waals surface area contributed by atoms with Crippen LogP contribution in [0.15, 0.2) is 0 Å². The molecule has 0 aliphatic heterocycles. The lowest BCUT2D eigenvalue weighted by Crippen LogP contribution is -2.35. The van der Waals surface area contributed by atoms with Gasteiger partial charge in [-0.1, -0.05) is 0 Å². The van der Waals surface area contributed by atoms with Crippen LogP contribution in [0.5, 0.6) is 0 Å². The zero-order chi connectivity index (χ0) is 14.0. The average Bonchev–Trinajstić information content (AvgIpc) is 3.17. The van der Waals surface area contributed by atoms with E-state index in [1.807, 2.05) is 13.8 Å². The fraction of sp³-hybridized carbons (Fsp3) is 0.692. The number of rotatable bonds is 6. The zero-order valence-corrected chi connectivity index (χ0v) is 11.9. The van der Waals surface area contributed by atoms with E-state index in [0.29, 0.717) is 36.2 Å². The second-order valence-electron chi connectivity index (χ2n) is 5.13. The molecule has 106 valence electrons. The van der Waals surface area contributed by atoms with Crippen LogP contribution in [0, 0.1) is 6.92 Å². The molecule has 1 saturated carbocycles. The van der Waals surface area contributed by atoms with Crippen LogP contribution in [0.3, 0.4) is 0 Å². The number of nitrogens with zero attached hydrogens (tertiary/aromatic N) is 3. The summed E-state index contributed by atoms with van der Waals surface area (Å²) in [6.07, 6.45) is 2.55. The third-order valence-corrected chi connectivity index (χ3v) is 3.61. The van der Waals surface area contributed by atoms with Crippen molar-refractivity contribution in [1.82, 2.24) is 20.0 Å². The highest BCUT2D eigenvalue weighted by Crippen LogP contribution is 2.24. The minimum Gasteiger partial charge on any atom is -0.395 e. The zero-order valence-electron chi connectivity index (χ0n) is 11.9. The normalized spacial score (nSPS) is 14.9. The molecule has 6 nitrogen and oxygen atoms in total. The quantitative estimate of drug-likeness (QED) is 0.790. The van der Waals surface area contributed by atoms with Crippen LogP contribution in [0.1, 0.15) is 35.9 Å². The van der Waals surface area contributed by atoms with Crippen molar-refractivity contribution in [2.75, 3.05) is 25.9 Å². The molecule has 0 spiro atoms. The Kier molecular flexibility index (Phi) is 4.09. The Morgan fingerprint density at radius 1 is 1.58 bits per heavy atom. The Labute approximate surface area is 113 Å². The molecule has 1 fully saturated rings. The van der Waals surface area contributed by atoms with Crippen LogP contribution in [0.2, 0.25) is 0 Å². The van der Waals surface area contributed by atoms with E-state index in [9.17, 15) is 4.79 Å². The predicted molar refractivity (Wildman–Crippen MR) is 75.0 cm³/mol. The Morgan fingerprint density at radius 3 is 2.84 bits per heavy atom. The first kappa shape index (κ1) is 13.9. The number of hydrogen-bond donors (Lipinski definition) is 2. The molecule has 0 saturated heterocycles. The minimum absolute atomic E-state index is 0.135. The van der Waals surface area contributed by atoms with E-state index in [-0.39, 0.29) is 5.91 Å². The van der Waals surface area contributed by atoms with Gasteiger partial charge in [0.25, 0.3) is 5.91 Å². The molecule has 1 heterocycles. The molecule has 1 aliphatic carbocycles. The van der Waals surface area contributed by atoms with Gasteiger partial charge in [-0.05, 0) is 33.7 Å². The number of amides is 1. The number of nitrogens with two attached hydrogens (primary N) is 1. The summed E-state index contributed by atoms with van der Waals surface area (Å²) >= 11 is 0. The van der Waals surface area contributed by atoms with Gasteiger partial charge in [0.05, 0.1) is 11.4 Å². The number of aromatic nitrogens is 2. The van der Waals surface area contributed by atoms with Gasteiger partial charge in [0, 0.05) is 25.7 Å². The van der Waals surface area contributed by atoms with E-state index in [0.717, 1.165) is 6.54 Å². The number of likely N-dealkylation sites (N-methyl/N-ethyl adjacent to an activating group) is 1. The molecular formula is C13H23N5O. The first-order chi connectivity index (χ1) is 9.04. The Morgan fingerprint density at radius 2 is 2.26 bits per heavy atom. The van der Waals surface area contributed by atoms with Crippen molar-refractivity contribution in [1.29, 1.82) is 0 Å². The van der Waals surface area contributed by atoms with Crippen molar-refractivity contribution < 1.29 is 4.79 Å². The van der Waals surface area contributed by atoms with Crippen molar-refractivity contribution in [3.8, 4) is 0 Å². The molecule has 0 unspecified atom stereocenters. The minimum atomic E-state index is -0.135. The van der Waals surface area contributed by atoms with Gasteiger partial charge < -0.3 is 16.0 Å². The van der Waals surface area contributed by atoms with E-state index in [1.165, 1.54) is 12.8 Å². The third-order valence-electron chi connectivity index (χ3n) is 3.61. The molecule has 1 aromatic heterocycles. The molecule has 1 amide bonds. The highest BCUT2D eigenvalue weighted by atomic mass is 16.2. The topological polar surface area (TPSA) is 76.2 Å². The van der Waals surface area contributed by atoms with Crippen molar-refractivity contribution in [2.24, 2.45) is 0 Å². The smallest absolute Gasteiger partial charge is 0.271 e. The second-order valence-corrected chi connectivity index (χ2v) is 5.13. The fourth-order valence-electron chi connectivity index (χ4n) is 2.19. The largest absolute Gasteiger partial charge is 0.395 e. The molecule has 0 radical (unpaired) electrons. The maximum atomic E-state index is 12.2. The molecular weight excluding hydrogens is 242 g/mol. The van der Waals surface area contributed by atoms with E-state index in [1.54, 1.807) is 4.68 Å². The summed E-state index contributed by atoms with van der Waals surface area (Å²) in [4.78, 5) is 14.4. The number of hydrogen-bond acceptors (Lipinski definition) is 4. The summed E-state index contributed by atoms with van der Waals surface area (Å²) < 4.78 is 1.66. The monoisotopic (exact) mass is 265 g/mol. The second kappa shape index (κ2) is 5.61. The summed E-state index contributed by atoms with van der Waals surface area (Å²) in [6.45, 7) is 5.92. The lowest BCUT2D eigenvalue weighted by Gasteiger charge is -2.15. The lowest BCUT2D eigenvalue weighted by atomic mass is 10.3. The Balaban J connectivity index is 1.91. The highest BCUT2D eigenvalue weighted by Gasteiger charge is 2.25. The van der Waals surface area contributed by atoms with Crippen molar-refractivity contribution in [3.63, 3.8) is 0 Å². The van der Waals surface area contributed by atoms with Gasteiger partial charge in [-0.3, -0.25) is 9.48 Å². The van der Waals surface area contributed by atoms with Gasteiger partial charge in [0.2, 0.25) is 0 Å². The number of anilines is 1. The fourth-order valence-corrected chi connectivity index (χ4v) is 2.19. The molecule has 2 rings (SSSR count). The molecule has 19 heavy (non-hydrogen) atoms. The number of aryl methyl sites for hydroxylation is 2. The number of carbonyl (C=O) groups excluding carboxylic acids is 1. The maximum Gasteiger partial charge on any atom is 0.271 e. The maximum absolute atomic E-state index is 12.2. The van der Waals surface area contributed by atoms with E-state index in [4.69, 9.17) is 5.73 Å².